The number of para-hydroxylation sites is 2. The molecule has 0 saturated heterocycles. The minimum Gasteiger partial charge on any atom is -0.383 e. The number of rotatable bonds is 5. The summed E-state index contributed by atoms with van der Waals surface area (Å²) < 4.78 is 7.10. The second kappa shape index (κ2) is 7.54. The Morgan fingerprint density at radius 2 is 2.04 bits per heavy atom. The first kappa shape index (κ1) is 18.9. The molecule has 7 heteroatoms. The Bertz CT molecular complexity index is 887. The summed E-state index contributed by atoms with van der Waals surface area (Å²) >= 11 is 0. The van der Waals surface area contributed by atoms with E-state index in [2.05, 4.69) is 10.3 Å². The lowest BCUT2D eigenvalue weighted by molar-refractivity contribution is -0.134. The SMILES string of the molecule is COCCN1C(=O)c2nc3ccccc3n2CC1(C)C(=O)NC1CCCCC1. The van der Waals surface area contributed by atoms with Gasteiger partial charge in [-0.3, -0.25) is 9.59 Å². The molecule has 1 aromatic carbocycles. The third kappa shape index (κ3) is 3.17. The van der Waals surface area contributed by atoms with Crippen molar-refractivity contribution in [2.75, 3.05) is 20.3 Å². The topological polar surface area (TPSA) is 76.5 Å². The maximum atomic E-state index is 13.4. The molecule has 28 heavy (non-hydrogen) atoms. The third-order valence-electron chi connectivity index (χ3n) is 6.10. The zero-order chi connectivity index (χ0) is 19.7. The fourth-order valence-corrected chi connectivity index (χ4v) is 4.45. The normalized spacial score (nSPS) is 23.1. The van der Waals surface area contributed by atoms with Crippen molar-refractivity contribution >= 4 is 22.8 Å². The van der Waals surface area contributed by atoms with Crippen LogP contribution in [-0.4, -0.2) is 58.1 Å². The summed E-state index contributed by atoms with van der Waals surface area (Å²) in [7, 11) is 1.60. The first-order valence-corrected chi connectivity index (χ1v) is 10.1. The smallest absolute Gasteiger partial charge is 0.290 e. The first-order valence-electron chi connectivity index (χ1n) is 10.1. The van der Waals surface area contributed by atoms with E-state index in [0.717, 1.165) is 36.7 Å². The van der Waals surface area contributed by atoms with Crippen LogP contribution in [0.15, 0.2) is 24.3 Å². The van der Waals surface area contributed by atoms with E-state index >= 15 is 0 Å². The highest BCUT2D eigenvalue weighted by atomic mass is 16.5. The van der Waals surface area contributed by atoms with Gasteiger partial charge >= 0.3 is 0 Å². The zero-order valence-electron chi connectivity index (χ0n) is 16.6. The van der Waals surface area contributed by atoms with Crippen LogP contribution in [-0.2, 0) is 16.1 Å². The fourth-order valence-electron chi connectivity index (χ4n) is 4.45. The summed E-state index contributed by atoms with van der Waals surface area (Å²) in [6, 6.07) is 7.87. The van der Waals surface area contributed by atoms with Crippen LogP contribution in [0.1, 0.15) is 49.6 Å². The number of imidazole rings is 1. The maximum Gasteiger partial charge on any atom is 0.290 e. The minimum absolute atomic E-state index is 0.0905. The van der Waals surface area contributed by atoms with Crippen LogP contribution in [0, 0.1) is 0 Å². The lowest BCUT2D eigenvalue weighted by Crippen LogP contribution is -2.65. The molecule has 2 aliphatic rings. The number of hydrogen-bond acceptors (Lipinski definition) is 4. The molecule has 1 aromatic heterocycles. The van der Waals surface area contributed by atoms with Gasteiger partial charge in [0.05, 0.1) is 24.2 Å². The van der Waals surface area contributed by atoms with Crippen LogP contribution < -0.4 is 5.32 Å². The van der Waals surface area contributed by atoms with Crippen molar-refractivity contribution in [2.24, 2.45) is 0 Å². The second-order valence-electron chi connectivity index (χ2n) is 8.04. The number of carbonyl (C=O) groups is 2. The monoisotopic (exact) mass is 384 g/mol. The molecule has 1 N–H and O–H groups in total. The fraction of sp³-hybridized carbons (Fsp3) is 0.571. The molecule has 1 aliphatic carbocycles. The molecule has 7 nitrogen and oxygen atoms in total. The van der Waals surface area contributed by atoms with Crippen molar-refractivity contribution in [2.45, 2.75) is 57.2 Å². The van der Waals surface area contributed by atoms with E-state index in [0.29, 0.717) is 25.5 Å². The van der Waals surface area contributed by atoms with Gasteiger partial charge in [-0.15, -0.1) is 0 Å². The maximum absolute atomic E-state index is 13.4. The number of nitrogens with one attached hydrogen (secondary N) is 1. The lowest BCUT2D eigenvalue weighted by Gasteiger charge is -2.44. The molecule has 150 valence electrons. The molecular formula is C21H28N4O3. The summed E-state index contributed by atoms with van der Waals surface area (Å²) in [5.41, 5.74) is 0.673. The van der Waals surface area contributed by atoms with Crippen molar-refractivity contribution < 1.29 is 14.3 Å². The van der Waals surface area contributed by atoms with E-state index in [1.807, 2.05) is 35.8 Å². The molecule has 0 radical (unpaired) electrons. The highest BCUT2D eigenvalue weighted by molar-refractivity contribution is 6.01. The number of nitrogens with zero attached hydrogens (tertiary/aromatic N) is 3. The van der Waals surface area contributed by atoms with Gasteiger partial charge in [0.25, 0.3) is 5.91 Å². The number of amides is 2. The Balaban J connectivity index is 1.70. The summed E-state index contributed by atoms with van der Waals surface area (Å²) in [4.78, 5) is 32.9. The Hall–Kier alpha value is -2.41. The van der Waals surface area contributed by atoms with Crippen LogP contribution in [0.2, 0.25) is 0 Å². The van der Waals surface area contributed by atoms with E-state index in [-0.39, 0.29) is 17.9 Å². The van der Waals surface area contributed by atoms with Gasteiger partial charge in [0.1, 0.15) is 5.54 Å². The van der Waals surface area contributed by atoms with Gasteiger partial charge in [0, 0.05) is 19.7 Å². The highest BCUT2D eigenvalue weighted by Gasteiger charge is 2.48. The van der Waals surface area contributed by atoms with Gasteiger partial charge in [0.15, 0.2) is 5.82 Å². The third-order valence-corrected chi connectivity index (χ3v) is 6.10. The van der Waals surface area contributed by atoms with Gasteiger partial charge in [0.2, 0.25) is 5.91 Å². The van der Waals surface area contributed by atoms with E-state index in [1.165, 1.54) is 6.42 Å². The van der Waals surface area contributed by atoms with E-state index < -0.39 is 5.54 Å². The molecule has 2 aromatic rings. The highest BCUT2D eigenvalue weighted by Crippen LogP contribution is 2.31. The molecule has 1 saturated carbocycles. The Morgan fingerprint density at radius 3 is 2.79 bits per heavy atom. The van der Waals surface area contributed by atoms with Crippen molar-refractivity contribution in [3.63, 3.8) is 0 Å². The molecule has 0 bridgehead atoms. The van der Waals surface area contributed by atoms with Crippen molar-refractivity contribution in [3.05, 3.63) is 30.1 Å². The van der Waals surface area contributed by atoms with Crippen molar-refractivity contribution in [1.29, 1.82) is 0 Å². The molecule has 2 heterocycles. The molecule has 1 unspecified atom stereocenters. The van der Waals surface area contributed by atoms with Crippen LogP contribution in [0.5, 0.6) is 0 Å². The summed E-state index contributed by atoms with van der Waals surface area (Å²) in [5.74, 6) is 0.0772. The van der Waals surface area contributed by atoms with Gasteiger partial charge in [-0.05, 0) is 31.9 Å². The molecule has 0 spiro atoms. The van der Waals surface area contributed by atoms with Crippen molar-refractivity contribution in [1.82, 2.24) is 19.8 Å². The number of methoxy groups -OCH3 is 1. The van der Waals surface area contributed by atoms with Crippen LogP contribution in [0.4, 0.5) is 0 Å². The average Bonchev–Trinajstić information content (AvgIpc) is 3.07. The molecule has 1 fully saturated rings. The molecule has 1 atom stereocenters. The van der Waals surface area contributed by atoms with Crippen LogP contribution in [0.3, 0.4) is 0 Å². The largest absolute Gasteiger partial charge is 0.383 e. The quantitative estimate of drug-likeness (QED) is 0.859. The number of fused-ring (bicyclic) bond motifs is 3. The molecular weight excluding hydrogens is 356 g/mol. The predicted molar refractivity (Wildman–Crippen MR) is 106 cm³/mol. The molecule has 2 amide bonds. The minimum atomic E-state index is -0.983. The van der Waals surface area contributed by atoms with Crippen molar-refractivity contribution in [3.8, 4) is 0 Å². The van der Waals surface area contributed by atoms with Crippen LogP contribution >= 0.6 is 0 Å². The number of benzene rings is 1. The summed E-state index contributed by atoms with van der Waals surface area (Å²) in [5, 5.41) is 3.22. The number of hydrogen-bond donors (Lipinski definition) is 1. The van der Waals surface area contributed by atoms with Gasteiger partial charge in [-0.2, -0.15) is 0 Å². The van der Waals surface area contributed by atoms with Crippen LogP contribution in [0.25, 0.3) is 11.0 Å². The van der Waals surface area contributed by atoms with E-state index in [4.69, 9.17) is 4.74 Å². The lowest BCUT2D eigenvalue weighted by atomic mass is 9.91. The standard InChI is InChI=1S/C21H28N4O3/c1-21(20(27)22-15-8-4-3-5-9-15)14-24-17-11-7-6-10-16(17)23-18(24)19(26)25(21)12-13-28-2/h6-7,10-11,15H,3-5,8-9,12-14H2,1-2H3,(H,22,27). The number of carbonyl (C=O) groups excluding carboxylic acids is 2. The Kier molecular flexibility index (Phi) is 5.10. The number of aromatic nitrogens is 2. The Labute approximate surface area is 165 Å². The first-order chi connectivity index (χ1) is 13.5. The molecule has 1 aliphatic heterocycles. The number of ether oxygens (including phenoxy) is 1. The molecule has 4 rings (SSSR count). The van der Waals surface area contributed by atoms with E-state index in [1.54, 1.807) is 12.0 Å². The second-order valence-corrected chi connectivity index (χ2v) is 8.04. The summed E-state index contributed by atoms with van der Waals surface area (Å²) in [6.07, 6.45) is 5.53. The average molecular weight is 384 g/mol. The summed E-state index contributed by atoms with van der Waals surface area (Å²) in [6.45, 7) is 2.97. The van der Waals surface area contributed by atoms with Gasteiger partial charge < -0.3 is 19.5 Å². The zero-order valence-corrected chi connectivity index (χ0v) is 16.6. The van der Waals surface area contributed by atoms with Gasteiger partial charge in [-0.1, -0.05) is 31.4 Å². The predicted octanol–water partition coefficient (Wildman–Crippen LogP) is 2.35. The van der Waals surface area contributed by atoms with E-state index in [9.17, 15) is 9.59 Å². The Morgan fingerprint density at radius 1 is 1.29 bits per heavy atom. The van der Waals surface area contributed by atoms with Gasteiger partial charge in [-0.25, -0.2) is 4.98 Å².